The molecule has 1 aliphatic carbocycles. The fourth-order valence-corrected chi connectivity index (χ4v) is 11.2. The highest BCUT2D eigenvalue weighted by Crippen LogP contribution is 2.59. The fourth-order valence-electron chi connectivity index (χ4n) is 8.97. The van der Waals surface area contributed by atoms with Crippen LogP contribution in [0.25, 0.3) is 73.0 Å². The topological polar surface area (TPSA) is 0 Å². The van der Waals surface area contributed by atoms with Crippen LogP contribution in [0.15, 0.2) is 170 Å². The Balaban J connectivity index is 1.41. The molecule has 8 aromatic carbocycles. The fraction of sp³-hybridized carbons (Fsp3) is 0.0417. The summed E-state index contributed by atoms with van der Waals surface area (Å²) in [7, 11) is 0. The second-order valence-electron chi connectivity index (χ2n) is 13.5. The van der Waals surface area contributed by atoms with E-state index >= 15 is 0 Å². The molecule has 2 atom stereocenters. The van der Waals surface area contributed by atoms with Gasteiger partial charge in [0.05, 0.1) is 0 Å². The van der Waals surface area contributed by atoms with Crippen molar-refractivity contribution < 1.29 is 0 Å². The van der Waals surface area contributed by atoms with E-state index in [2.05, 4.69) is 170 Å². The Kier molecular flexibility index (Phi) is 6.22. The molecule has 1 aliphatic rings. The summed E-state index contributed by atoms with van der Waals surface area (Å²) in [5, 5.41) is 10.6. The molecule has 0 saturated carbocycles. The molecule has 0 N–H and O–H groups in total. The van der Waals surface area contributed by atoms with E-state index in [9.17, 15) is 0 Å². The lowest BCUT2D eigenvalue weighted by molar-refractivity contribution is 0.705. The minimum Gasteiger partial charge on any atom is -0.0616 e. The van der Waals surface area contributed by atoms with E-state index in [0.29, 0.717) is 0 Å². The van der Waals surface area contributed by atoms with Crippen molar-refractivity contribution in [1.82, 2.24) is 0 Å². The molecule has 0 aliphatic heterocycles. The molecule has 0 amide bonds. The van der Waals surface area contributed by atoms with Crippen LogP contribution in [0.4, 0.5) is 0 Å². The monoisotopic (exact) mass is 670 g/mol. The van der Waals surface area contributed by atoms with Crippen molar-refractivity contribution >= 4 is 84.6 Å². The lowest BCUT2D eigenvalue weighted by Gasteiger charge is -2.38. The molecule has 0 saturated heterocycles. The first-order chi connectivity index (χ1) is 24.8. The molecule has 2 aromatic heterocycles. The third kappa shape index (κ3) is 4.04. The highest BCUT2D eigenvalue weighted by molar-refractivity contribution is 7.25. The van der Waals surface area contributed by atoms with Crippen LogP contribution in [-0.4, -0.2) is 0 Å². The maximum atomic E-state index is 2.47. The summed E-state index contributed by atoms with van der Waals surface area (Å²) in [6.45, 7) is 0. The minimum atomic E-state index is 0.0608. The van der Waals surface area contributed by atoms with Gasteiger partial charge >= 0.3 is 0 Å². The first kappa shape index (κ1) is 28.3. The Hall–Kier alpha value is -5.54. The summed E-state index contributed by atoms with van der Waals surface area (Å²) in [5.74, 6) is 0.122. The molecule has 11 rings (SSSR count). The van der Waals surface area contributed by atoms with Crippen molar-refractivity contribution in [3.63, 3.8) is 0 Å². The predicted octanol–water partition coefficient (Wildman–Crippen LogP) is 14.2. The van der Waals surface area contributed by atoms with E-state index in [0.717, 1.165) is 0 Å². The summed E-state index contributed by atoms with van der Waals surface area (Å²) in [4.78, 5) is 0. The van der Waals surface area contributed by atoms with Crippen molar-refractivity contribution in [3.8, 4) is 11.1 Å². The minimum absolute atomic E-state index is 0.0608. The Morgan fingerprint density at radius 1 is 0.280 bits per heavy atom. The lowest BCUT2D eigenvalue weighted by Crippen LogP contribution is -2.22. The Labute approximate surface area is 298 Å². The third-order valence-electron chi connectivity index (χ3n) is 10.9. The molecule has 2 heterocycles. The quantitative estimate of drug-likeness (QED) is 0.127. The van der Waals surface area contributed by atoms with Gasteiger partial charge in [-0.3, -0.25) is 0 Å². The molecule has 10 aromatic rings. The molecule has 0 spiro atoms. The second-order valence-corrected chi connectivity index (χ2v) is 15.6. The van der Waals surface area contributed by atoms with Gasteiger partial charge in [-0.15, -0.1) is 0 Å². The number of fused-ring (bicyclic) bond motifs is 11. The van der Waals surface area contributed by atoms with Crippen molar-refractivity contribution in [2.24, 2.45) is 0 Å². The first-order valence-electron chi connectivity index (χ1n) is 17.3. The van der Waals surface area contributed by atoms with Gasteiger partial charge in [-0.2, -0.15) is 0 Å². The van der Waals surface area contributed by atoms with Gasteiger partial charge < -0.3 is 0 Å². The van der Waals surface area contributed by atoms with Crippen molar-refractivity contribution in [3.05, 3.63) is 192 Å². The molecule has 50 heavy (non-hydrogen) atoms. The van der Waals surface area contributed by atoms with Crippen molar-refractivity contribution in [2.75, 3.05) is 0 Å². The maximum absolute atomic E-state index is 2.47. The zero-order valence-corrected chi connectivity index (χ0v) is 28.8. The summed E-state index contributed by atoms with van der Waals surface area (Å²) in [6, 6.07) is 64.1. The van der Waals surface area contributed by atoms with Crippen LogP contribution in [0.2, 0.25) is 0 Å². The standard InChI is InChI=1S/C48H30S2/c1-3-15-31-29(13-1)25-27-37-43(31)44-32-16-4-2-14-30(32)26-28-38(44)48(46-35-19-7-11-23-41(35)50-42-24-12-8-20-36(42)46)47(37)45-33-17-5-9-21-39(33)49-40-22-10-6-18-34(40)45/h1-28,47-48H/q+2/t47-,48-/m1/s1. The molecule has 0 radical (unpaired) electrons. The molecule has 0 fully saturated rings. The van der Waals surface area contributed by atoms with Gasteiger partial charge in [0, 0.05) is 57.6 Å². The zero-order valence-electron chi connectivity index (χ0n) is 27.1. The Morgan fingerprint density at radius 3 is 0.940 bits per heavy atom. The smallest absolute Gasteiger partial charge is 0.0616 e. The zero-order chi connectivity index (χ0) is 32.8. The van der Waals surface area contributed by atoms with E-state index in [1.54, 1.807) is 0 Å². The molecule has 2 heteroatoms. The van der Waals surface area contributed by atoms with Crippen LogP contribution < -0.4 is 0 Å². The largest absolute Gasteiger partial charge is 0.239 e. The van der Waals surface area contributed by atoms with Crippen LogP contribution >= 0.6 is 22.7 Å². The molecule has 232 valence electrons. The van der Waals surface area contributed by atoms with Crippen LogP contribution in [0.1, 0.15) is 34.1 Å². The highest BCUT2D eigenvalue weighted by Gasteiger charge is 2.42. The molecule has 0 unspecified atom stereocenters. The number of benzene rings is 8. The molecule has 0 nitrogen and oxygen atoms in total. The van der Waals surface area contributed by atoms with Crippen molar-refractivity contribution in [1.29, 1.82) is 0 Å². The Bertz CT molecular complexity index is 2700. The van der Waals surface area contributed by atoms with E-state index in [4.69, 9.17) is 0 Å². The van der Waals surface area contributed by atoms with E-state index in [1.165, 1.54) is 95.3 Å². The van der Waals surface area contributed by atoms with Crippen LogP contribution in [-0.2, 0) is 0 Å². The van der Waals surface area contributed by atoms with Gasteiger partial charge in [0.1, 0.15) is 0 Å². The SMILES string of the molecule is c1ccc2c3c(ccc2c1)[C@H](c1c2ccccc2[s+]c2ccccc12)[C@@H](c1c2ccccc2[s+]c2ccccc12)c1ccc2ccccc2c1-3. The van der Waals surface area contributed by atoms with Crippen molar-refractivity contribution in [2.45, 2.75) is 11.8 Å². The normalized spacial score (nSPS) is 15.6. The average Bonchev–Trinajstić information content (AvgIpc) is 3.18. The predicted molar refractivity (Wildman–Crippen MR) is 218 cm³/mol. The van der Waals surface area contributed by atoms with Gasteiger partial charge in [0.2, 0.25) is 41.5 Å². The summed E-state index contributed by atoms with van der Waals surface area (Å²) >= 11 is 3.81. The average molecular weight is 671 g/mol. The first-order valence-corrected chi connectivity index (χ1v) is 19.0. The van der Waals surface area contributed by atoms with Gasteiger partial charge in [0.25, 0.3) is 0 Å². The van der Waals surface area contributed by atoms with Gasteiger partial charge in [0.15, 0.2) is 0 Å². The van der Waals surface area contributed by atoms with E-state index < -0.39 is 0 Å². The molecular weight excluding hydrogens is 641 g/mol. The number of hydrogen-bond acceptors (Lipinski definition) is 0. The Morgan fingerprint density at radius 2 is 0.580 bits per heavy atom. The molecule has 0 bridgehead atoms. The van der Waals surface area contributed by atoms with Crippen LogP contribution in [0.3, 0.4) is 0 Å². The summed E-state index contributed by atoms with van der Waals surface area (Å²) < 4.78 is 5.32. The molecular formula is C48H30S2+2. The van der Waals surface area contributed by atoms with E-state index in [1.807, 2.05) is 22.7 Å². The number of rotatable bonds is 2. The summed E-state index contributed by atoms with van der Waals surface area (Å²) in [5.41, 5.74) is 8.43. The highest BCUT2D eigenvalue weighted by atomic mass is 32.1. The summed E-state index contributed by atoms with van der Waals surface area (Å²) in [6.07, 6.45) is 0. The third-order valence-corrected chi connectivity index (χ3v) is 13.3. The van der Waals surface area contributed by atoms with E-state index in [-0.39, 0.29) is 11.8 Å². The number of hydrogen-bond donors (Lipinski definition) is 0. The van der Waals surface area contributed by atoms with Gasteiger partial charge in [-0.1, -0.05) is 121 Å². The van der Waals surface area contributed by atoms with Crippen LogP contribution in [0, 0.1) is 0 Å². The van der Waals surface area contributed by atoms with Crippen LogP contribution in [0.5, 0.6) is 0 Å². The van der Waals surface area contributed by atoms with Gasteiger partial charge in [-0.05, 0) is 79.2 Å². The maximum Gasteiger partial charge on any atom is 0.239 e. The second kappa shape index (κ2) is 11.0. The lowest BCUT2D eigenvalue weighted by atomic mass is 9.63. The van der Waals surface area contributed by atoms with Gasteiger partial charge in [-0.25, -0.2) is 0 Å².